The second kappa shape index (κ2) is 12.9. The van der Waals surface area contributed by atoms with E-state index in [1.54, 1.807) is 30.5 Å². The standard InChI is InChI=1S/C25H35N7O2/c1-2-13-28-23-20(6-4-3-5-14-30-25(18-26)11-15-34-16-12-25)17-29-24(32-23)31-21-9-7-19(8-10-21)22(27)33/h7-10,17,30H,2-3,5,11-16,18,26H2,1H3,(H2,27,33)(H2,28,29,31,32). The second-order valence-corrected chi connectivity index (χ2v) is 8.38. The van der Waals surface area contributed by atoms with Crippen molar-refractivity contribution < 1.29 is 9.53 Å². The molecule has 0 spiro atoms. The van der Waals surface area contributed by atoms with E-state index in [1.165, 1.54) is 0 Å². The Labute approximate surface area is 201 Å². The van der Waals surface area contributed by atoms with Gasteiger partial charge in [0.05, 0.1) is 11.8 Å². The van der Waals surface area contributed by atoms with Gasteiger partial charge < -0.3 is 32.2 Å². The van der Waals surface area contributed by atoms with Gasteiger partial charge in [0.1, 0.15) is 5.82 Å². The normalized spacial score (nSPS) is 14.6. The smallest absolute Gasteiger partial charge is 0.248 e. The van der Waals surface area contributed by atoms with Gasteiger partial charge in [-0.3, -0.25) is 4.79 Å². The average molecular weight is 466 g/mol. The van der Waals surface area contributed by atoms with Gasteiger partial charge in [-0.15, -0.1) is 0 Å². The molecule has 2 heterocycles. The molecule has 1 saturated heterocycles. The first-order valence-corrected chi connectivity index (χ1v) is 11.8. The molecule has 9 nitrogen and oxygen atoms in total. The summed E-state index contributed by atoms with van der Waals surface area (Å²) >= 11 is 0. The summed E-state index contributed by atoms with van der Waals surface area (Å²) in [5.41, 5.74) is 13.3. The molecule has 1 fully saturated rings. The van der Waals surface area contributed by atoms with Crippen molar-refractivity contribution in [3.63, 3.8) is 0 Å². The van der Waals surface area contributed by atoms with Crippen molar-refractivity contribution in [3.05, 3.63) is 41.6 Å². The molecule has 0 bridgehead atoms. The Balaban J connectivity index is 1.58. The number of anilines is 3. The van der Waals surface area contributed by atoms with Crippen molar-refractivity contribution in [1.82, 2.24) is 15.3 Å². The zero-order valence-corrected chi connectivity index (χ0v) is 19.8. The van der Waals surface area contributed by atoms with Crippen LogP contribution in [0.4, 0.5) is 17.5 Å². The van der Waals surface area contributed by atoms with Crippen LogP contribution < -0.4 is 27.4 Å². The molecule has 1 aromatic carbocycles. The Hall–Kier alpha value is -3.19. The van der Waals surface area contributed by atoms with Crippen molar-refractivity contribution in [2.75, 3.05) is 43.5 Å². The zero-order chi connectivity index (χ0) is 24.2. The second-order valence-electron chi connectivity index (χ2n) is 8.38. The Kier molecular flexibility index (Phi) is 9.64. The monoisotopic (exact) mass is 465 g/mol. The van der Waals surface area contributed by atoms with E-state index >= 15 is 0 Å². The van der Waals surface area contributed by atoms with E-state index in [0.717, 1.165) is 69.7 Å². The first kappa shape index (κ1) is 25.4. The minimum Gasteiger partial charge on any atom is -0.381 e. The van der Waals surface area contributed by atoms with E-state index in [9.17, 15) is 4.79 Å². The minimum atomic E-state index is -0.463. The number of nitrogens with one attached hydrogen (secondary N) is 3. The Bertz CT molecular complexity index is 993. The summed E-state index contributed by atoms with van der Waals surface area (Å²) in [5, 5.41) is 10.1. The van der Waals surface area contributed by atoms with Gasteiger partial charge in [0.25, 0.3) is 0 Å². The third-order valence-electron chi connectivity index (χ3n) is 5.80. The molecular weight excluding hydrogens is 430 g/mol. The summed E-state index contributed by atoms with van der Waals surface area (Å²) < 4.78 is 5.46. The van der Waals surface area contributed by atoms with Crippen LogP contribution in [0.15, 0.2) is 30.5 Å². The highest BCUT2D eigenvalue weighted by Crippen LogP contribution is 2.20. The van der Waals surface area contributed by atoms with E-state index in [0.29, 0.717) is 23.9 Å². The largest absolute Gasteiger partial charge is 0.381 e. The molecule has 1 aromatic heterocycles. The van der Waals surface area contributed by atoms with Crippen LogP contribution in [-0.4, -0.2) is 54.3 Å². The average Bonchev–Trinajstić information content (AvgIpc) is 2.86. The van der Waals surface area contributed by atoms with Gasteiger partial charge in [-0.25, -0.2) is 4.98 Å². The number of carbonyl (C=O) groups is 1. The number of hydrogen-bond donors (Lipinski definition) is 5. The molecule has 9 heteroatoms. The topological polar surface area (TPSA) is 140 Å². The lowest BCUT2D eigenvalue weighted by Gasteiger charge is -2.37. The first-order chi connectivity index (χ1) is 16.5. The predicted octanol–water partition coefficient (Wildman–Crippen LogP) is 2.37. The van der Waals surface area contributed by atoms with Crippen molar-refractivity contribution in [3.8, 4) is 11.8 Å². The van der Waals surface area contributed by atoms with Crippen LogP contribution in [0.25, 0.3) is 0 Å². The number of ether oxygens (including phenoxy) is 1. The number of hydrogen-bond acceptors (Lipinski definition) is 8. The molecule has 0 aliphatic carbocycles. The number of benzene rings is 1. The lowest BCUT2D eigenvalue weighted by molar-refractivity contribution is 0.0415. The van der Waals surface area contributed by atoms with E-state index in [-0.39, 0.29) is 5.54 Å². The van der Waals surface area contributed by atoms with Crippen molar-refractivity contribution in [2.24, 2.45) is 11.5 Å². The molecule has 182 valence electrons. The Morgan fingerprint density at radius 1 is 1.21 bits per heavy atom. The summed E-state index contributed by atoms with van der Waals surface area (Å²) in [5.74, 6) is 7.13. The number of nitrogens with two attached hydrogens (primary N) is 2. The van der Waals surface area contributed by atoms with Crippen LogP contribution in [-0.2, 0) is 4.74 Å². The van der Waals surface area contributed by atoms with Crippen LogP contribution in [0.2, 0.25) is 0 Å². The van der Waals surface area contributed by atoms with Gasteiger partial charge in [0, 0.05) is 49.5 Å². The van der Waals surface area contributed by atoms with E-state index in [1.807, 2.05) is 0 Å². The molecule has 0 radical (unpaired) electrons. The van der Waals surface area contributed by atoms with Crippen LogP contribution in [0.1, 0.15) is 54.9 Å². The molecule has 34 heavy (non-hydrogen) atoms. The number of amides is 1. The molecular formula is C25H35N7O2. The third kappa shape index (κ3) is 7.42. The number of nitrogens with zero attached hydrogens (tertiary/aromatic N) is 2. The Morgan fingerprint density at radius 3 is 2.65 bits per heavy atom. The van der Waals surface area contributed by atoms with Gasteiger partial charge in [-0.05, 0) is 56.5 Å². The van der Waals surface area contributed by atoms with Gasteiger partial charge in [-0.1, -0.05) is 18.8 Å². The van der Waals surface area contributed by atoms with Crippen LogP contribution in [0.5, 0.6) is 0 Å². The van der Waals surface area contributed by atoms with E-state index in [2.05, 4.69) is 44.7 Å². The van der Waals surface area contributed by atoms with Crippen LogP contribution in [0.3, 0.4) is 0 Å². The maximum atomic E-state index is 11.2. The zero-order valence-electron chi connectivity index (χ0n) is 19.8. The quantitative estimate of drug-likeness (QED) is 0.252. The van der Waals surface area contributed by atoms with E-state index in [4.69, 9.17) is 16.2 Å². The molecule has 7 N–H and O–H groups in total. The molecule has 1 aliphatic heterocycles. The Morgan fingerprint density at radius 2 is 1.97 bits per heavy atom. The highest BCUT2D eigenvalue weighted by atomic mass is 16.5. The molecule has 0 saturated carbocycles. The fourth-order valence-electron chi connectivity index (χ4n) is 3.66. The fraction of sp³-hybridized carbons (Fsp3) is 0.480. The summed E-state index contributed by atoms with van der Waals surface area (Å²) in [6.07, 6.45) is 6.30. The number of primary amides is 1. The number of carbonyl (C=O) groups excluding carboxylic acids is 1. The lowest BCUT2D eigenvalue weighted by Crippen LogP contribution is -2.54. The maximum absolute atomic E-state index is 11.2. The molecule has 2 aromatic rings. The van der Waals surface area contributed by atoms with E-state index < -0.39 is 5.91 Å². The lowest BCUT2D eigenvalue weighted by atomic mass is 9.90. The number of aromatic nitrogens is 2. The maximum Gasteiger partial charge on any atom is 0.248 e. The SMILES string of the molecule is CCCNc1nc(Nc2ccc(C(N)=O)cc2)ncc1C#CCCCNC1(CN)CCOCC1. The summed E-state index contributed by atoms with van der Waals surface area (Å²) in [6, 6.07) is 6.85. The highest BCUT2D eigenvalue weighted by molar-refractivity contribution is 5.93. The van der Waals surface area contributed by atoms with Crippen LogP contribution in [0, 0.1) is 11.8 Å². The van der Waals surface area contributed by atoms with Gasteiger partial charge in [0.2, 0.25) is 11.9 Å². The van der Waals surface area contributed by atoms with Crippen LogP contribution >= 0.6 is 0 Å². The fourth-order valence-corrected chi connectivity index (χ4v) is 3.66. The first-order valence-electron chi connectivity index (χ1n) is 11.8. The van der Waals surface area contributed by atoms with Gasteiger partial charge in [-0.2, -0.15) is 4.98 Å². The minimum absolute atomic E-state index is 0.000238. The summed E-state index contributed by atoms with van der Waals surface area (Å²) in [4.78, 5) is 20.2. The molecule has 3 rings (SSSR count). The summed E-state index contributed by atoms with van der Waals surface area (Å²) in [7, 11) is 0. The molecule has 1 amide bonds. The third-order valence-corrected chi connectivity index (χ3v) is 5.80. The molecule has 0 unspecified atom stereocenters. The van der Waals surface area contributed by atoms with Crippen molar-refractivity contribution in [2.45, 2.75) is 44.6 Å². The predicted molar refractivity (Wildman–Crippen MR) is 135 cm³/mol. The van der Waals surface area contributed by atoms with Crippen molar-refractivity contribution in [1.29, 1.82) is 0 Å². The molecule has 0 atom stereocenters. The number of unbranched alkanes of at least 4 members (excludes halogenated alkanes) is 1. The number of rotatable bonds is 11. The summed E-state index contributed by atoms with van der Waals surface area (Å²) in [6.45, 7) is 5.91. The van der Waals surface area contributed by atoms with Gasteiger partial charge >= 0.3 is 0 Å². The highest BCUT2D eigenvalue weighted by Gasteiger charge is 2.29. The van der Waals surface area contributed by atoms with Gasteiger partial charge in [0.15, 0.2) is 0 Å². The van der Waals surface area contributed by atoms with Crippen molar-refractivity contribution >= 4 is 23.4 Å². The molecule has 1 aliphatic rings.